The maximum absolute atomic E-state index is 13.2. The van der Waals surface area contributed by atoms with Gasteiger partial charge in [0.1, 0.15) is 22.8 Å². The van der Waals surface area contributed by atoms with Gasteiger partial charge in [-0.2, -0.15) is 0 Å². The lowest BCUT2D eigenvalue weighted by molar-refractivity contribution is -0.112. The van der Waals surface area contributed by atoms with Gasteiger partial charge < -0.3 is 55.5 Å². The quantitative estimate of drug-likeness (QED) is 0.0848. The molecule has 0 radical (unpaired) electrons. The molecule has 5 rings (SSSR count). The van der Waals surface area contributed by atoms with Crippen molar-refractivity contribution in [2.45, 2.75) is 6.42 Å². The minimum atomic E-state index is -0.466. The zero-order chi connectivity index (χ0) is 36.8. The molecule has 17 nitrogen and oxygen atoms in total. The van der Waals surface area contributed by atoms with Crippen LogP contribution in [0.2, 0.25) is 0 Å². The van der Waals surface area contributed by atoms with E-state index in [0.717, 1.165) is 25.5 Å². The summed E-state index contributed by atoms with van der Waals surface area (Å²) in [5.74, 6) is -1.36. The van der Waals surface area contributed by atoms with Crippen LogP contribution in [0, 0.1) is 0 Å². The number of halogens is 1. The van der Waals surface area contributed by atoms with Crippen LogP contribution in [0.3, 0.4) is 0 Å². The molecular formula is C33H39BrN12O5. The molecule has 5 amide bonds. The maximum atomic E-state index is 13.2. The summed E-state index contributed by atoms with van der Waals surface area (Å²) in [6, 6.07) is 6.15. The van der Waals surface area contributed by atoms with Crippen molar-refractivity contribution in [2.24, 2.45) is 33.2 Å². The molecule has 51 heavy (non-hydrogen) atoms. The number of carbonyl (C=O) groups is 5. The Morgan fingerprint density at radius 3 is 1.49 bits per heavy atom. The number of nitrogens with zero attached hydrogens (tertiary/aromatic N) is 5. The molecular weight excluding hydrogens is 724 g/mol. The predicted octanol–water partition coefficient (Wildman–Crippen LogP) is 2.31. The van der Waals surface area contributed by atoms with E-state index in [0.29, 0.717) is 41.5 Å². The van der Waals surface area contributed by atoms with E-state index in [4.69, 9.17) is 0 Å². The molecule has 0 spiro atoms. The number of carbonyl (C=O) groups excluding carboxylic acids is 5. The first-order valence-electron chi connectivity index (χ1n) is 15.8. The maximum Gasteiger partial charge on any atom is 0.272 e. The van der Waals surface area contributed by atoms with Crippen molar-refractivity contribution in [3.05, 3.63) is 82.9 Å². The highest BCUT2D eigenvalue weighted by molar-refractivity contribution is 9.12. The van der Waals surface area contributed by atoms with Crippen LogP contribution >= 0.6 is 15.9 Å². The van der Waals surface area contributed by atoms with Gasteiger partial charge in [-0.1, -0.05) is 6.58 Å². The van der Waals surface area contributed by atoms with Crippen LogP contribution in [0.5, 0.6) is 0 Å². The Morgan fingerprint density at radius 2 is 1.10 bits per heavy atom. The number of aryl methyl sites for hydroxylation is 4. The third-order valence-electron chi connectivity index (χ3n) is 7.83. The topological polar surface area (TPSA) is 202 Å². The van der Waals surface area contributed by atoms with Crippen LogP contribution < -0.4 is 37.2 Å². The molecule has 0 saturated carbocycles. The molecule has 1 aliphatic heterocycles. The molecule has 0 saturated heterocycles. The molecule has 18 heteroatoms. The SMILES string of the molecule is C=C(Br)C(=O)Nc1cc(C(=O)Nc2cc(C(=O)Nc3cc(C(=O)Nc4cc(C(=O)NCCNC5=NCCCN5)n(C)c4)n(C)c3)n(C)c2)n(C)c1. The highest BCUT2D eigenvalue weighted by atomic mass is 79.9. The number of aliphatic imine (C=N–C) groups is 1. The Labute approximate surface area is 301 Å². The second kappa shape index (κ2) is 15.7. The van der Waals surface area contributed by atoms with E-state index in [-0.39, 0.29) is 27.5 Å². The van der Waals surface area contributed by atoms with E-state index in [1.54, 1.807) is 77.3 Å². The number of guanidine groups is 1. The van der Waals surface area contributed by atoms with Gasteiger partial charge in [0.15, 0.2) is 5.96 Å². The molecule has 0 fully saturated rings. The van der Waals surface area contributed by atoms with Gasteiger partial charge in [0.2, 0.25) is 0 Å². The van der Waals surface area contributed by atoms with Gasteiger partial charge in [0.25, 0.3) is 29.5 Å². The summed E-state index contributed by atoms with van der Waals surface area (Å²) in [5.41, 5.74) is 2.76. The number of anilines is 4. The average molecular weight is 764 g/mol. The van der Waals surface area contributed by atoms with Crippen molar-refractivity contribution in [3.8, 4) is 0 Å². The molecule has 0 atom stereocenters. The van der Waals surface area contributed by atoms with E-state index in [9.17, 15) is 24.0 Å². The van der Waals surface area contributed by atoms with E-state index in [1.807, 2.05) is 0 Å². The van der Waals surface area contributed by atoms with Gasteiger partial charge in [-0.3, -0.25) is 29.0 Å². The molecule has 5 heterocycles. The summed E-state index contributed by atoms with van der Waals surface area (Å²) < 4.78 is 6.46. The number of hydrogen-bond acceptors (Lipinski definition) is 8. The zero-order valence-electron chi connectivity index (χ0n) is 28.5. The molecule has 4 aromatic rings. The second-order valence-corrected chi connectivity index (χ2v) is 12.8. The minimum Gasteiger partial charge on any atom is -0.356 e. The number of hydrogen-bond donors (Lipinski definition) is 7. The Morgan fingerprint density at radius 1 is 0.686 bits per heavy atom. The lowest BCUT2D eigenvalue weighted by Crippen LogP contribution is -2.43. The molecule has 0 bridgehead atoms. The summed E-state index contributed by atoms with van der Waals surface area (Å²) in [4.78, 5) is 68.4. The summed E-state index contributed by atoms with van der Waals surface area (Å²) >= 11 is 3.02. The van der Waals surface area contributed by atoms with Crippen LogP contribution in [0.15, 0.2) is 65.1 Å². The molecule has 4 aromatic heterocycles. The van der Waals surface area contributed by atoms with Crippen molar-refractivity contribution in [3.63, 3.8) is 0 Å². The lowest BCUT2D eigenvalue weighted by Gasteiger charge is -2.16. The minimum absolute atomic E-state index is 0.148. The standard InChI is InChI=1S/C33H39BrN12O5/c1-19(34)28(47)39-20-12-25(44(3)15-20)30(49)41-22-14-27(46(5)17-22)32(51)42-23-13-26(45(4)18-23)31(50)40-21-11-24(43(2)16-21)29(48)35-9-10-38-33-36-7-6-8-37-33/h11-18H,1,6-10H2,2-5H3,(H,35,48)(H,39,47)(H,40,50)(H,41,49)(H,42,51)(H2,36,37,38). The van der Waals surface area contributed by atoms with Gasteiger partial charge in [0, 0.05) is 79.2 Å². The van der Waals surface area contributed by atoms with E-state index < -0.39 is 23.6 Å². The Bertz CT molecular complexity index is 2050. The van der Waals surface area contributed by atoms with Crippen molar-refractivity contribution in [1.82, 2.24) is 34.2 Å². The fourth-order valence-electron chi connectivity index (χ4n) is 5.32. The molecule has 268 valence electrons. The van der Waals surface area contributed by atoms with Crippen molar-refractivity contribution in [1.29, 1.82) is 0 Å². The first-order valence-corrected chi connectivity index (χ1v) is 16.6. The zero-order valence-corrected chi connectivity index (χ0v) is 30.1. The molecule has 7 N–H and O–H groups in total. The van der Waals surface area contributed by atoms with Gasteiger partial charge in [-0.15, -0.1) is 0 Å². The predicted molar refractivity (Wildman–Crippen MR) is 197 cm³/mol. The number of rotatable bonds is 12. The van der Waals surface area contributed by atoms with Crippen molar-refractivity contribution >= 4 is 74.2 Å². The number of nitrogens with one attached hydrogen (secondary N) is 7. The summed E-state index contributed by atoms with van der Waals surface area (Å²) in [5, 5.41) is 20.1. The van der Waals surface area contributed by atoms with Crippen molar-refractivity contribution in [2.75, 3.05) is 47.4 Å². The first kappa shape index (κ1) is 36.2. The first-order chi connectivity index (χ1) is 24.3. The average Bonchev–Trinajstić information content (AvgIpc) is 3.84. The fourth-order valence-corrected chi connectivity index (χ4v) is 5.42. The van der Waals surface area contributed by atoms with Crippen LogP contribution in [-0.4, -0.2) is 79.9 Å². The smallest absolute Gasteiger partial charge is 0.272 e. The molecule has 0 aromatic carbocycles. The summed E-state index contributed by atoms with van der Waals surface area (Å²) in [6.45, 7) is 6.05. The highest BCUT2D eigenvalue weighted by Gasteiger charge is 2.20. The van der Waals surface area contributed by atoms with Crippen LogP contribution in [0.25, 0.3) is 0 Å². The third kappa shape index (κ3) is 8.96. The highest BCUT2D eigenvalue weighted by Crippen LogP contribution is 2.21. The Balaban J connectivity index is 1.15. The van der Waals surface area contributed by atoms with E-state index in [2.05, 4.69) is 64.7 Å². The fraction of sp³-hybridized carbons (Fsp3) is 0.273. The van der Waals surface area contributed by atoms with Crippen LogP contribution in [-0.2, 0) is 33.0 Å². The summed E-state index contributed by atoms with van der Waals surface area (Å²) in [6.07, 6.45) is 7.41. The van der Waals surface area contributed by atoms with Crippen molar-refractivity contribution < 1.29 is 24.0 Å². The number of aromatic nitrogens is 4. The molecule has 0 aliphatic carbocycles. The van der Waals surface area contributed by atoms with Crippen LogP contribution in [0.1, 0.15) is 48.4 Å². The van der Waals surface area contributed by atoms with Gasteiger partial charge in [0.05, 0.1) is 27.2 Å². The lowest BCUT2D eigenvalue weighted by atomic mass is 10.3. The second-order valence-electron chi connectivity index (χ2n) is 11.8. The van der Waals surface area contributed by atoms with E-state index in [1.165, 1.54) is 18.2 Å². The Kier molecular flexibility index (Phi) is 11.1. The van der Waals surface area contributed by atoms with E-state index >= 15 is 0 Å². The van der Waals surface area contributed by atoms with Gasteiger partial charge in [-0.25, -0.2) is 0 Å². The third-order valence-corrected chi connectivity index (χ3v) is 8.19. The van der Waals surface area contributed by atoms with Crippen LogP contribution in [0.4, 0.5) is 22.7 Å². The molecule has 1 aliphatic rings. The van der Waals surface area contributed by atoms with Gasteiger partial charge >= 0.3 is 0 Å². The monoisotopic (exact) mass is 762 g/mol. The molecule has 0 unspecified atom stereocenters. The number of amides is 5. The summed E-state index contributed by atoms with van der Waals surface area (Å²) in [7, 11) is 6.70. The normalized spacial score (nSPS) is 12.3. The largest absolute Gasteiger partial charge is 0.356 e. The Hall–Kier alpha value is -6.04. The van der Waals surface area contributed by atoms with Gasteiger partial charge in [-0.05, 0) is 46.6 Å².